The highest BCUT2D eigenvalue weighted by Gasteiger charge is 2.42. The van der Waals surface area contributed by atoms with Crippen LogP contribution in [0, 0.1) is 0 Å². The first kappa shape index (κ1) is 17.6. The maximum atomic E-state index is 13.1. The van der Waals surface area contributed by atoms with Crippen molar-refractivity contribution < 1.29 is 27.1 Å². The van der Waals surface area contributed by atoms with Gasteiger partial charge in [0.1, 0.15) is 0 Å². The summed E-state index contributed by atoms with van der Waals surface area (Å²) in [6.07, 6.45) is -2.43. The molecule has 0 radical (unpaired) electrons. The van der Waals surface area contributed by atoms with Gasteiger partial charge in [-0.15, -0.1) is 10.2 Å². The van der Waals surface area contributed by atoms with Gasteiger partial charge in [-0.2, -0.15) is 13.2 Å². The number of hydrogen-bond acceptors (Lipinski definition) is 5. The highest BCUT2D eigenvalue weighted by molar-refractivity contribution is 5.79. The number of alkyl halides is 3. The lowest BCUT2D eigenvalue weighted by atomic mass is 10.0. The van der Waals surface area contributed by atoms with E-state index in [1.165, 1.54) is 25.3 Å². The number of rotatable bonds is 4. The van der Waals surface area contributed by atoms with Crippen molar-refractivity contribution in [2.75, 3.05) is 20.3 Å². The Morgan fingerprint density at radius 3 is 2.68 bits per heavy atom. The van der Waals surface area contributed by atoms with Gasteiger partial charge in [0.25, 0.3) is 5.89 Å². The molecule has 2 aromatic rings. The molecule has 1 aliphatic rings. The summed E-state index contributed by atoms with van der Waals surface area (Å²) in [5, 5.41) is 7.87. The van der Waals surface area contributed by atoms with Gasteiger partial charge in [0, 0.05) is 19.6 Å². The molecule has 3 rings (SSSR count). The average molecular weight is 354 g/mol. The van der Waals surface area contributed by atoms with Gasteiger partial charge in [0.15, 0.2) is 5.60 Å². The second-order valence-electron chi connectivity index (χ2n) is 5.82. The fourth-order valence-electron chi connectivity index (χ4n) is 2.78. The van der Waals surface area contributed by atoms with Crippen LogP contribution in [-0.2, 0) is 21.3 Å². The SMILES string of the molecule is COC1(c2nnc(/C=C(\C)c3ccccc3C(F)(F)F)o2)CCOC1. The molecule has 8 heteroatoms. The van der Waals surface area contributed by atoms with Crippen molar-refractivity contribution in [1.82, 2.24) is 10.2 Å². The summed E-state index contributed by atoms with van der Waals surface area (Å²) in [6, 6.07) is 5.36. The minimum absolute atomic E-state index is 0.0698. The summed E-state index contributed by atoms with van der Waals surface area (Å²) in [5.74, 6) is 0.378. The molecule has 1 aromatic heterocycles. The standard InChI is InChI=1S/C17H17F3N2O3/c1-11(12-5-3-4-6-13(12)17(18,19)20)9-14-21-22-15(25-14)16(23-2)7-8-24-10-16/h3-6,9H,7-8,10H2,1-2H3/b11-9+. The van der Waals surface area contributed by atoms with Crippen molar-refractivity contribution in [1.29, 1.82) is 0 Å². The molecule has 0 aliphatic carbocycles. The second-order valence-corrected chi connectivity index (χ2v) is 5.82. The molecule has 0 amide bonds. The van der Waals surface area contributed by atoms with Crippen LogP contribution >= 0.6 is 0 Å². The number of halogens is 3. The van der Waals surface area contributed by atoms with Crippen molar-refractivity contribution in [3.05, 3.63) is 47.2 Å². The maximum Gasteiger partial charge on any atom is 0.416 e. The van der Waals surface area contributed by atoms with E-state index in [-0.39, 0.29) is 17.3 Å². The third-order valence-corrected chi connectivity index (χ3v) is 4.20. The Morgan fingerprint density at radius 2 is 2.04 bits per heavy atom. The van der Waals surface area contributed by atoms with Gasteiger partial charge in [0.05, 0.1) is 18.8 Å². The Hall–Kier alpha value is -2.19. The normalized spacial score (nSPS) is 21.7. The van der Waals surface area contributed by atoms with Crippen molar-refractivity contribution >= 4 is 11.6 Å². The summed E-state index contributed by atoms with van der Waals surface area (Å²) >= 11 is 0. The molecule has 1 aromatic carbocycles. The largest absolute Gasteiger partial charge is 0.418 e. The zero-order valence-corrected chi connectivity index (χ0v) is 13.8. The molecule has 1 saturated heterocycles. The summed E-state index contributed by atoms with van der Waals surface area (Å²) in [6.45, 7) is 2.38. The highest BCUT2D eigenvalue weighted by Crippen LogP contribution is 2.36. The van der Waals surface area contributed by atoms with Crippen molar-refractivity contribution in [2.45, 2.75) is 25.1 Å². The quantitative estimate of drug-likeness (QED) is 0.833. The molecule has 5 nitrogen and oxygen atoms in total. The van der Waals surface area contributed by atoms with E-state index in [2.05, 4.69) is 10.2 Å². The topological polar surface area (TPSA) is 57.4 Å². The van der Waals surface area contributed by atoms with Crippen LogP contribution in [0.15, 0.2) is 28.7 Å². The predicted molar refractivity (Wildman–Crippen MR) is 83.4 cm³/mol. The first-order valence-electron chi connectivity index (χ1n) is 7.67. The first-order chi connectivity index (χ1) is 11.9. The monoisotopic (exact) mass is 354 g/mol. The zero-order valence-electron chi connectivity index (χ0n) is 13.8. The maximum absolute atomic E-state index is 13.1. The summed E-state index contributed by atoms with van der Waals surface area (Å²) in [5.41, 5.74) is -1.06. The van der Waals surface area contributed by atoms with Gasteiger partial charge >= 0.3 is 6.18 Å². The molecule has 0 N–H and O–H groups in total. The van der Waals surface area contributed by atoms with Crippen LogP contribution in [0.2, 0.25) is 0 Å². The van der Waals surface area contributed by atoms with Crippen LogP contribution in [0.3, 0.4) is 0 Å². The Balaban J connectivity index is 1.92. The smallest absolute Gasteiger partial charge is 0.416 e. The van der Waals surface area contributed by atoms with Gasteiger partial charge in [-0.25, -0.2) is 0 Å². The van der Waals surface area contributed by atoms with Gasteiger partial charge < -0.3 is 13.9 Å². The van der Waals surface area contributed by atoms with Crippen LogP contribution in [-0.4, -0.2) is 30.5 Å². The van der Waals surface area contributed by atoms with Crippen LogP contribution in [0.4, 0.5) is 13.2 Å². The van der Waals surface area contributed by atoms with Crippen LogP contribution in [0.1, 0.15) is 36.3 Å². The minimum atomic E-state index is -4.44. The van der Waals surface area contributed by atoms with E-state index >= 15 is 0 Å². The van der Waals surface area contributed by atoms with Crippen LogP contribution in [0.25, 0.3) is 11.6 Å². The fourth-order valence-corrected chi connectivity index (χ4v) is 2.78. The van der Waals surface area contributed by atoms with E-state index in [0.29, 0.717) is 25.2 Å². The van der Waals surface area contributed by atoms with Crippen molar-refractivity contribution in [3.63, 3.8) is 0 Å². The third-order valence-electron chi connectivity index (χ3n) is 4.20. The first-order valence-corrected chi connectivity index (χ1v) is 7.67. The third kappa shape index (κ3) is 3.45. The minimum Gasteiger partial charge on any atom is -0.418 e. The Bertz CT molecular complexity index is 777. The number of benzene rings is 1. The van der Waals surface area contributed by atoms with Gasteiger partial charge in [-0.1, -0.05) is 18.2 Å². The lowest BCUT2D eigenvalue weighted by molar-refractivity contribution is -0.137. The fraction of sp³-hybridized carbons (Fsp3) is 0.412. The van der Waals surface area contributed by atoms with Gasteiger partial charge in [-0.3, -0.25) is 0 Å². The van der Waals surface area contributed by atoms with Crippen molar-refractivity contribution in [3.8, 4) is 0 Å². The van der Waals surface area contributed by atoms with Crippen LogP contribution in [0.5, 0.6) is 0 Å². The average Bonchev–Trinajstić information content (AvgIpc) is 3.24. The molecule has 1 unspecified atom stereocenters. The molecule has 0 saturated carbocycles. The van der Waals surface area contributed by atoms with E-state index in [1.54, 1.807) is 13.0 Å². The predicted octanol–water partition coefficient (Wildman–Crippen LogP) is 3.91. The molecule has 0 spiro atoms. The molecule has 134 valence electrons. The second kappa shape index (κ2) is 6.61. The zero-order chi connectivity index (χ0) is 18.1. The van der Waals surface area contributed by atoms with E-state index < -0.39 is 17.3 Å². The lowest BCUT2D eigenvalue weighted by Crippen LogP contribution is -2.29. The van der Waals surface area contributed by atoms with E-state index in [9.17, 15) is 13.2 Å². The highest BCUT2D eigenvalue weighted by atomic mass is 19.4. The lowest BCUT2D eigenvalue weighted by Gasteiger charge is -2.20. The van der Waals surface area contributed by atoms with E-state index in [0.717, 1.165) is 6.07 Å². The summed E-state index contributed by atoms with van der Waals surface area (Å²) in [4.78, 5) is 0. The van der Waals surface area contributed by atoms with Crippen molar-refractivity contribution in [2.24, 2.45) is 0 Å². The number of hydrogen-bond donors (Lipinski definition) is 0. The number of nitrogens with zero attached hydrogens (tertiary/aromatic N) is 2. The molecular weight excluding hydrogens is 337 g/mol. The summed E-state index contributed by atoms with van der Waals surface area (Å²) in [7, 11) is 1.53. The molecular formula is C17H17F3N2O3. The van der Waals surface area contributed by atoms with Gasteiger partial charge in [-0.05, 0) is 24.1 Å². The molecule has 2 heterocycles. The summed E-state index contributed by atoms with van der Waals surface area (Å²) < 4.78 is 55.8. The Labute approximate surface area is 142 Å². The number of methoxy groups -OCH3 is 1. The van der Waals surface area contributed by atoms with Gasteiger partial charge in [0.2, 0.25) is 5.89 Å². The molecule has 1 aliphatic heterocycles. The number of allylic oxidation sites excluding steroid dienone is 1. The van der Waals surface area contributed by atoms with Crippen LogP contribution < -0.4 is 0 Å². The van der Waals surface area contributed by atoms with E-state index in [4.69, 9.17) is 13.9 Å². The Morgan fingerprint density at radius 1 is 1.28 bits per heavy atom. The number of ether oxygens (including phenoxy) is 2. The molecule has 1 atom stereocenters. The molecule has 0 bridgehead atoms. The Kier molecular flexibility index (Phi) is 4.66. The number of aromatic nitrogens is 2. The molecule has 25 heavy (non-hydrogen) atoms. The van der Waals surface area contributed by atoms with E-state index in [1.807, 2.05) is 0 Å². The molecule has 1 fully saturated rings.